The molecule has 2 atom stereocenters. The van der Waals surface area contributed by atoms with Crippen LogP contribution in [0.15, 0.2) is 30.3 Å². The Labute approximate surface area is 184 Å². The Hall–Kier alpha value is -2.80. The van der Waals surface area contributed by atoms with Crippen LogP contribution in [0.4, 0.5) is 22.1 Å². The highest BCUT2D eigenvalue weighted by atomic mass is 16.2. The van der Waals surface area contributed by atoms with Crippen LogP contribution in [-0.4, -0.2) is 47.6 Å². The monoisotopic (exact) mass is 422 g/mol. The molecule has 2 fully saturated rings. The Morgan fingerprint density at radius 1 is 1.29 bits per heavy atom. The molecule has 166 valence electrons. The Morgan fingerprint density at radius 3 is 2.77 bits per heavy atom. The molecule has 3 heterocycles. The molecule has 2 aromatic rings. The van der Waals surface area contributed by atoms with Gasteiger partial charge in [-0.15, -0.1) is 0 Å². The first-order chi connectivity index (χ1) is 14.7. The van der Waals surface area contributed by atoms with Gasteiger partial charge in [0, 0.05) is 37.4 Å². The zero-order valence-electron chi connectivity index (χ0n) is 18.8. The molecule has 4 rings (SSSR count). The van der Waals surface area contributed by atoms with E-state index in [1.165, 1.54) is 0 Å². The number of nitrogen functional groups attached to an aromatic ring is 1. The highest BCUT2D eigenvalue weighted by Gasteiger charge is 2.31. The Kier molecular flexibility index (Phi) is 5.79. The molecule has 0 unspecified atom stereocenters. The van der Waals surface area contributed by atoms with Crippen molar-refractivity contribution in [3.05, 3.63) is 35.9 Å². The summed E-state index contributed by atoms with van der Waals surface area (Å²) in [7, 11) is 0. The standard InChI is InChI=1S/C24H34N6O/c1-4-17-7-9-29(14-17)23(31)27-19-6-5-16(2)20(13-19)18-11-21(25)28-22(12-18)30-10-8-24(3,26)15-30/h5-6,11-13,17H,4,7-10,14-15,26H2,1-3H3,(H2,25,28)(H,27,31)/t17-,24+/m1/s1. The fourth-order valence-electron chi connectivity index (χ4n) is 4.60. The van der Waals surface area contributed by atoms with Crippen molar-refractivity contribution in [3.8, 4) is 11.1 Å². The summed E-state index contributed by atoms with van der Waals surface area (Å²) in [4.78, 5) is 21.4. The van der Waals surface area contributed by atoms with Crippen molar-refractivity contribution in [3.63, 3.8) is 0 Å². The first-order valence-electron chi connectivity index (χ1n) is 11.2. The molecule has 0 radical (unpaired) electrons. The largest absolute Gasteiger partial charge is 0.384 e. The molecule has 0 saturated carbocycles. The first kappa shape index (κ1) is 21.4. The van der Waals surface area contributed by atoms with E-state index >= 15 is 0 Å². The summed E-state index contributed by atoms with van der Waals surface area (Å²) >= 11 is 0. The second kappa shape index (κ2) is 8.38. The number of nitrogens with two attached hydrogens (primary N) is 2. The maximum absolute atomic E-state index is 12.7. The van der Waals surface area contributed by atoms with Gasteiger partial charge in [0.25, 0.3) is 0 Å². The van der Waals surface area contributed by atoms with Gasteiger partial charge in [-0.1, -0.05) is 19.4 Å². The smallest absolute Gasteiger partial charge is 0.321 e. The number of carbonyl (C=O) groups excluding carboxylic acids is 1. The van der Waals surface area contributed by atoms with Crippen LogP contribution in [0.3, 0.4) is 0 Å². The van der Waals surface area contributed by atoms with Gasteiger partial charge in [-0.2, -0.15) is 0 Å². The molecule has 5 N–H and O–H groups in total. The summed E-state index contributed by atoms with van der Waals surface area (Å²) in [5, 5.41) is 3.07. The zero-order valence-corrected chi connectivity index (χ0v) is 18.8. The van der Waals surface area contributed by atoms with Crippen molar-refractivity contribution in [2.75, 3.05) is 42.1 Å². The van der Waals surface area contributed by atoms with E-state index < -0.39 is 0 Å². The molecule has 0 spiro atoms. The van der Waals surface area contributed by atoms with Crippen LogP contribution in [0, 0.1) is 12.8 Å². The second-order valence-electron chi connectivity index (χ2n) is 9.43. The third-order valence-electron chi connectivity index (χ3n) is 6.61. The minimum atomic E-state index is -0.209. The third kappa shape index (κ3) is 4.77. The van der Waals surface area contributed by atoms with E-state index in [-0.39, 0.29) is 11.6 Å². The molecule has 7 nitrogen and oxygen atoms in total. The number of aryl methyl sites for hydroxylation is 1. The van der Waals surface area contributed by atoms with Gasteiger partial charge < -0.3 is 26.6 Å². The van der Waals surface area contributed by atoms with Crippen LogP contribution in [0.5, 0.6) is 0 Å². The molecular weight excluding hydrogens is 388 g/mol. The highest BCUT2D eigenvalue weighted by Crippen LogP contribution is 2.32. The number of benzene rings is 1. The van der Waals surface area contributed by atoms with Crippen molar-refractivity contribution in [1.82, 2.24) is 9.88 Å². The molecule has 7 heteroatoms. The van der Waals surface area contributed by atoms with E-state index in [9.17, 15) is 4.79 Å². The van der Waals surface area contributed by atoms with Crippen molar-refractivity contribution in [2.45, 2.75) is 45.6 Å². The lowest BCUT2D eigenvalue weighted by atomic mass is 10.00. The minimum Gasteiger partial charge on any atom is -0.384 e. The number of amides is 2. The molecule has 0 aliphatic carbocycles. The van der Waals surface area contributed by atoms with Crippen LogP contribution in [0.1, 0.15) is 38.7 Å². The van der Waals surface area contributed by atoms with Gasteiger partial charge in [-0.3, -0.25) is 0 Å². The summed E-state index contributed by atoms with van der Waals surface area (Å²) in [6.45, 7) is 9.60. The van der Waals surface area contributed by atoms with Crippen molar-refractivity contribution < 1.29 is 4.79 Å². The average molecular weight is 423 g/mol. The number of aromatic nitrogens is 1. The van der Waals surface area contributed by atoms with E-state index in [0.29, 0.717) is 11.7 Å². The third-order valence-corrected chi connectivity index (χ3v) is 6.61. The normalized spacial score (nSPS) is 23.4. The SMILES string of the molecule is CC[C@@H]1CCN(C(=O)Nc2ccc(C)c(-c3cc(N)nc(N4CC[C@](C)(N)C4)c3)c2)C1. The lowest BCUT2D eigenvalue weighted by molar-refractivity contribution is 0.220. The highest BCUT2D eigenvalue weighted by molar-refractivity contribution is 5.91. The van der Waals surface area contributed by atoms with Gasteiger partial charge in [-0.25, -0.2) is 9.78 Å². The minimum absolute atomic E-state index is 0.0278. The van der Waals surface area contributed by atoms with E-state index in [0.717, 1.165) is 73.6 Å². The topological polar surface area (TPSA) is 101 Å². The maximum Gasteiger partial charge on any atom is 0.321 e. The second-order valence-corrected chi connectivity index (χ2v) is 9.43. The fraction of sp³-hybridized carbons (Fsp3) is 0.500. The van der Waals surface area contributed by atoms with Crippen LogP contribution in [0.2, 0.25) is 0 Å². The number of nitrogens with zero attached hydrogens (tertiary/aromatic N) is 3. The first-order valence-corrected chi connectivity index (χ1v) is 11.2. The molecule has 2 saturated heterocycles. The van der Waals surface area contributed by atoms with Crippen LogP contribution in [0.25, 0.3) is 11.1 Å². The summed E-state index contributed by atoms with van der Waals surface area (Å²) in [5.41, 5.74) is 16.2. The molecular formula is C24H34N6O. The van der Waals surface area contributed by atoms with Crippen LogP contribution < -0.4 is 21.7 Å². The Bertz CT molecular complexity index is 973. The van der Waals surface area contributed by atoms with E-state index in [1.807, 2.05) is 29.2 Å². The van der Waals surface area contributed by atoms with E-state index in [1.54, 1.807) is 0 Å². The quantitative estimate of drug-likeness (QED) is 0.695. The predicted molar refractivity (Wildman–Crippen MR) is 127 cm³/mol. The number of pyridine rings is 1. The fourth-order valence-corrected chi connectivity index (χ4v) is 4.60. The molecule has 2 aliphatic rings. The van der Waals surface area contributed by atoms with Crippen LogP contribution >= 0.6 is 0 Å². The lowest BCUT2D eigenvalue weighted by Gasteiger charge is -2.22. The van der Waals surface area contributed by atoms with Gasteiger partial charge in [-0.05, 0) is 73.6 Å². The summed E-state index contributed by atoms with van der Waals surface area (Å²) < 4.78 is 0. The number of nitrogens with one attached hydrogen (secondary N) is 1. The van der Waals surface area contributed by atoms with Crippen molar-refractivity contribution in [1.29, 1.82) is 0 Å². The molecule has 2 aliphatic heterocycles. The molecule has 31 heavy (non-hydrogen) atoms. The summed E-state index contributed by atoms with van der Waals surface area (Å²) in [5.74, 6) is 1.94. The molecule has 0 bridgehead atoms. The molecule has 1 aromatic heterocycles. The van der Waals surface area contributed by atoms with Gasteiger partial charge in [0.1, 0.15) is 11.6 Å². The van der Waals surface area contributed by atoms with Gasteiger partial charge in [0.05, 0.1) is 0 Å². The van der Waals surface area contributed by atoms with Gasteiger partial charge in [0.15, 0.2) is 0 Å². The predicted octanol–water partition coefficient (Wildman–Crippen LogP) is 3.83. The number of hydrogen-bond donors (Lipinski definition) is 3. The van der Waals surface area contributed by atoms with E-state index in [2.05, 4.69) is 42.0 Å². The van der Waals surface area contributed by atoms with Gasteiger partial charge >= 0.3 is 6.03 Å². The number of carbonyl (C=O) groups is 1. The number of hydrogen-bond acceptors (Lipinski definition) is 5. The average Bonchev–Trinajstić information content (AvgIpc) is 3.35. The van der Waals surface area contributed by atoms with Gasteiger partial charge in [0.2, 0.25) is 0 Å². The Balaban J connectivity index is 1.57. The van der Waals surface area contributed by atoms with E-state index in [4.69, 9.17) is 11.5 Å². The number of anilines is 3. The number of likely N-dealkylation sites (tertiary alicyclic amines) is 1. The molecule has 2 amide bonds. The number of urea groups is 1. The number of rotatable bonds is 4. The van der Waals surface area contributed by atoms with Crippen molar-refractivity contribution >= 4 is 23.4 Å². The molecule has 1 aromatic carbocycles. The van der Waals surface area contributed by atoms with Crippen molar-refractivity contribution in [2.24, 2.45) is 11.7 Å². The zero-order chi connectivity index (χ0) is 22.2. The summed E-state index contributed by atoms with van der Waals surface area (Å²) in [6, 6.07) is 9.94. The Morgan fingerprint density at radius 2 is 2.10 bits per heavy atom. The maximum atomic E-state index is 12.7. The summed E-state index contributed by atoms with van der Waals surface area (Å²) in [6.07, 6.45) is 3.12. The van der Waals surface area contributed by atoms with Crippen LogP contribution in [-0.2, 0) is 0 Å². The lowest BCUT2D eigenvalue weighted by Crippen LogP contribution is -2.39.